The summed E-state index contributed by atoms with van der Waals surface area (Å²) in [5.74, 6) is 1.53. The first kappa shape index (κ1) is 15.6. The molecule has 0 unspecified atom stereocenters. The van der Waals surface area contributed by atoms with Gasteiger partial charge in [-0.15, -0.1) is 0 Å². The smallest absolute Gasteiger partial charge is 0.203 e. The summed E-state index contributed by atoms with van der Waals surface area (Å²) >= 11 is 0. The zero-order valence-corrected chi connectivity index (χ0v) is 12.9. The summed E-state index contributed by atoms with van der Waals surface area (Å²) in [4.78, 5) is 11.4. The molecule has 0 saturated heterocycles. The minimum atomic E-state index is 0.478. The molecule has 2 aromatic rings. The second-order valence-electron chi connectivity index (χ2n) is 4.52. The standard InChI is InChI=1S/C18H18O4/c1-5-12-10-15(20-2)17(21-3)18(22-4)16(12)14-9-7-6-8-13(14)11-19/h5-11H,1H2,2-4H3. The Bertz CT molecular complexity index is 704. The van der Waals surface area contributed by atoms with Crippen molar-refractivity contribution in [2.75, 3.05) is 21.3 Å². The highest BCUT2D eigenvalue weighted by molar-refractivity contribution is 5.94. The van der Waals surface area contributed by atoms with Crippen LogP contribution < -0.4 is 14.2 Å². The summed E-state index contributed by atoms with van der Waals surface area (Å²) in [7, 11) is 4.66. The lowest BCUT2D eigenvalue weighted by molar-refractivity contribution is 0.112. The predicted octanol–water partition coefficient (Wildman–Crippen LogP) is 3.83. The van der Waals surface area contributed by atoms with Gasteiger partial charge in [-0.3, -0.25) is 4.79 Å². The monoisotopic (exact) mass is 298 g/mol. The Labute approximate surface area is 129 Å². The predicted molar refractivity (Wildman–Crippen MR) is 87.0 cm³/mol. The Balaban J connectivity index is 2.89. The molecule has 0 aliphatic heterocycles. The minimum Gasteiger partial charge on any atom is -0.493 e. The first-order valence-electron chi connectivity index (χ1n) is 6.71. The van der Waals surface area contributed by atoms with Gasteiger partial charge in [0.15, 0.2) is 17.8 Å². The zero-order valence-electron chi connectivity index (χ0n) is 12.9. The average molecular weight is 298 g/mol. The number of hydrogen-bond donors (Lipinski definition) is 0. The lowest BCUT2D eigenvalue weighted by Gasteiger charge is -2.19. The van der Waals surface area contributed by atoms with E-state index in [0.29, 0.717) is 22.8 Å². The van der Waals surface area contributed by atoms with E-state index in [4.69, 9.17) is 14.2 Å². The fourth-order valence-electron chi connectivity index (χ4n) is 2.44. The lowest BCUT2D eigenvalue weighted by Crippen LogP contribution is -2.00. The molecule has 114 valence electrons. The molecule has 2 aromatic carbocycles. The normalized spacial score (nSPS) is 9.95. The highest BCUT2D eigenvalue weighted by Crippen LogP contribution is 2.47. The zero-order chi connectivity index (χ0) is 16.1. The van der Waals surface area contributed by atoms with Crippen LogP contribution >= 0.6 is 0 Å². The summed E-state index contributed by atoms with van der Waals surface area (Å²) in [6, 6.07) is 9.11. The molecule has 22 heavy (non-hydrogen) atoms. The second kappa shape index (κ2) is 6.80. The van der Waals surface area contributed by atoms with Crippen LogP contribution in [0.1, 0.15) is 15.9 Å². The lowest BCUT2D eigenvalue weighted by atomic mass is 9.94. The summed E-state index contributed by atoms with van der Waals surface area (Å²) in [6.07, 6.45) is 2.51. The van der Waals surface area contributed by atoms with Gasteiger partial charge in [0.1, 0.15) is 0 Å². The van der Waals surface area contributed by atoms with Crippen molar-refractivity contribution < 1.29 is 19.0 Å². The SMILES string of the molecule is C=Cc1cc(OC)c(OC)c(OC)c1-c1ccccc1C=O. The number of aldehydes is 1. The Morgan fingerprint density at radius 2 is 1.64 bits per heavy atom. The molecular formula is C18H18O4. The van der Waals surface area contributed by atoms with Gasteiger partial charge in [-0.25, -0.2) is 0 Å². The van der Waals surface area contributed by atoms with Crippen LogP contribution in [0, 0.1) is 0 Å². The Morgan fingerprint density at radius 1 is 0.955 bits per heavy atom. The van der Waals surface area contributed by atoms with E-state index in [9.17, 15) is 4.79 Å². The van der Waals surface area contributed by atoms with E-state index in [1.807, 2.05) is 24.3 Å². The van der Waals surface area contributed by atoms with Crippen LogP contribution in [-0.4, -0.2) is 27.6 Å². The van der Waals surface area contributed by atoms with E-state index in [-0.39, 0.29) is 0 Å². The van der Waals surface area contributed by atoms with Gasteiger partial charge in [0.25, 0.3) is 0 Å². The number of ether oxygens (including phenoxy) is 3. The first-order valence-corrected chi connectivity index (χ1v) is 6.71. The molecule has 0 bridgehead atoms. The van der Waals surface area contributed by atoms with E-state index in [2.05, 4.69) is 6.58 Å². The summed E-state index contributed by atoms with van der Waals surface area (Å²) in [5.41, 5.74) is 2.86. The van der Waals surface area contributed by atoms with Crippen LogP contribution in [0.15, 0.2) is 36.9 Å². The topological polar surface area (TPSA) is 44.8 Å². The number of carbonyl (C=O) groups is 1. The van der Waals surface area contributed by atoms with E-state index in [1.54, 1.807) is 33.5 Å². The molecule has 0 N–H and O–H groups in total. The van der Waals surface area contributed by atoms with E-state index >= 15 is 0 Å². The summed E-state index contributed by atoms with van der Waals surface area (Å²) in [6.45, 7) is 3.84. The van der Waals surface area contributed by atoms with Gasteiger partial charge >= 0.3 is 0 Å². The molecule has 0 aliphatic carbocycles. The first-order chi connectivity index (χ1) is 10.7. The molecule has 0 aromatic heterocycles. The molecule has 0 heterocycles. The van der Waals surface area contributed by atoms with Gasteiger partial charge in [-0.2, -0.15) is 0 Å². The van der Waals surface area contributed by atoms with Crippen molar-refractivity contribution in [2.45, 2.75) is 0 Å². The number of benzene rings is 2. The van der Waals surface area contributed by atoms with Crippen molar-refractivity contribution >= 4 is 12.4 Å². The number of methoxy groups -OCH3 is 3. The van der Waals surface area contributed by atoms with Crippen molar-refractivity contribution in [3.63, 3.8) is 0 Å². The third kappa shape index (κ3) is 2.55. The fraction of sp³-hybridized carbons (Fsp3) is 0.167. The Hall–Kier alpha value is -2.75. The number of hydrogen-bond acceptors (Lipinski definition) is 4. The van der Waals surface area contributed by atoms with Gasteiger partial charge in [0.2, 0.25) is 5.75 Å². The minimum absolute atomic E-state index is 0.478. The second-order valence-corrected chi connectivity index (χ2v) is 4.52. The van der Waals surface area contributed by atoms with E-state index in [0.717, 1.165) is 23.0 Å². The van der Waals surface area contributed by atoms with E-state index < -0.39 is 0 Å². The van der Waals surface area contributed by atoms with Gasteiger partial charge < -0.3 is 14.2 Å². The van der Waals surface area contributed by atoms with Crippen molar-refractivity contribution in [1.29, 1.82) is 0 Å². The highest BCUT2D eigenvalue weighted by atomic mass is 16.5. The van der Waals surface area contributed by atoms with Crippen LogP contribution in [-0.2, 0) is 0 Å². The molecule has 0 fully saturated rings. The largest absolute Gasteiger partial charge is 0.493 e. The Morgan fingerprint density at radius 3 is 2.18 bits per heavy atom. The van der Waals surface area contributed by atoms with Crippen molar-refractivity contribution in [2.24, 2.45) is 0 Å². The molecule has 2 rings (SSSR count). The van der Waals surface area contributed by atoms with Crippen LogP contribution in [0.25, 0.3) is 17.2 Å². The van der Waals surface area contributed by atoms with Gasteiger partial charge in [-0.05, 0) is 17.2 Å². The fourth-order valence-corrected chi connectivity index (χ4v) is 2.44. The van der Waals surface area contributed by atoms with Crippen molar-refractivity contribution in [3.8, 4) is 28.4 Å². The summed E-state index contributed by atoms with van der Waals surface area (Å²) in [5, 5.41) is 0. The van der Waals surface area contributed by atoms with Crippen LogP contribution in [0.3, 0.4) is 0 Å². The molecule has 0 atom stereocenters. The van der Waals surface area contributed by atoms with Crippen LogP contribution in [0.5, 0.6) is 17.2 Å². The molecule has 0 aliphatic rings. The number of rotatable bonds is 6. The highest BCUT2D eigenvalue weighted by Gasteiger charge is 2.22. The van der Waals surface area contributed by atoms with Crippen molar-refractivity contribution in [3.05, 3.63) is 48.0 Å². The number of carbonyl (C=O) groups excluding carboxylic acids is 1. The van der Waals surface area contributed by atoms with Crippen molar-refractivity contribution in [1.82, 2.24) is 0 Å². The molecule has 0 radical (unpaired) electrons. The molecule has 0 saturated carbocycles. The maximum Gasteiger partial charge on any atom is 0.203 e. The van der Waals surface area contributed by atoms with Crippen LogP contribution in [0.2, 0.25) is 0 Å². The third-order valence-corrected chi connectivity index (χ3v) is 3.44. The molecule has 4 nitrogen and oxygen atoms in total. The molecular weight excluding hydrogens is 280 g/mol. The average Bonchev–Trinajstić information content (AvgIpc) is 2.59. The van der Waals surface area contributed by atoms with Crippen LogP contribution in [0.4, 0.5) is 0 Å². The third-order valence-electron chi connectivity index (χ3n) is 3.44. The van der Waals surface area contributed by atoms with E-state index in [1.165, 1.54) is 0 Å². The maximum absolute atomic E-state index is 11.4. The molecule has 0 amide bonds. The quantitative estimate of drug-likeness (QED) is 0.760. The van der Waals surface area contributed by atoms with Gasteiger partial charge in [0, 0.05) is 11.1 Å². The molecule has 4 heteroatoms. The Kier molecular flexibility index (Phi) is 4.84. The van der Waals surface area contributed by atoms with Gasteiger partial charge in [0.05, 0.1) is 21.3 Å². The van der Waals surface area contributed by atoms with Gasteiger partial charge in [-0.1, -0.05) is 36.9 Å². The maximum atomic E-state index is 11.4. The molecule has 0 spiro atoms. The summed E-state index contributed by atoms with van der Waals surface area (Å²) < 4.78 is 16.3.